The van der Waals surface area contributed by atoms with E-state index in [2.05, 4.69) is 22.9 Å². The number of carbonyl (C=O) groups excluding carboxylic acids is 3. The molecular formula is C32H59N3O7. The number of hydrogen-bond donors (Lipinski definition) is 6. The Morgan fingerprint density at radius 1 is 0.857 bits per heavy atom. The van der Waals surface area contributed by atoms with Crippen molar-refractivity contribution in [3.63, 3.8) is 0 Å². The summed E-state index contributed by atoms with van der Waals surface area (Å²) in [5.74, 6) is -3.63. The number of ether oxygens (including phenoxy) is 1. The fourth-order valence-corrected chi connectivity index (χ4v) is 5.23. The fourth-order valence-electron chi connectivity index (χ4n) is 5.23. The number of esters is 1. The highest BCUT2D eigenvalue weighted by molar-refractivity contribution is 5.92. The van der Waals surface area contributed by atoms with Gasteiger partial charge in [-0.3, -0.25) is 14.9 Å². The summed E-state index contributed by atoms with van der Waals surface area (Å²) in [6, 6.07) is -3.30. The number of unbranched alkanes of at least 4 members (excludes halogenated alkanes) is 10. The quantitative estimate of drug-likeness (QED) is 0.0930. The smallest absolute Gasteiger partial charge is 0.328 e. The molecule has 1 aliphatic heterocycles. The van der Waals surface area contributed by atoms with Crippen LogP contribution >= 0.6 is 0 Å². The van der Waals surface area contributed by atoms with E-state index in [-0.39, 0.29) is 11.7 Å². The van der Waals surface area contributed by atoms with E-state index in [0.29, 0.717) is 6.42 Å². The minimum atomic E-state index is -1.31. The highest BCUT2D eigenvalue weighted by Crippen LogP contribution is 2.26. The molecule has 0 saturated carbocycles. The fraction of sp³-hybridized carbons (Fsp3) is 0.844. The van der Waals surface area contributed by atoms with Gasteiger partial charge in [0.15, 0.2) is 0 Å². The van der Waals surface area contributed by atoms with Gasteiger partial charge in [-0.05, 0) is 38.7 Å². The molecule has 6 N–H and O–H groups in total. The second-order valence-corrected chi connectivity index (χ2v) is 12.4. The van der Waals surface area contributed by atoms with Crippen molar-refractivity contribution in [2.24, 2.45) is 17.8 Å². The third kappa shape index (κ3) is 13.0. The lowest BCUT2D eigenvalue weighted by molar-refractivity contribution is -0.161. The van der Waals surface area contributed by atoms with Crippen LogP contribution in [0.3, 0.4) is 0 Å². The number of rotatable bonds is 15. The van der Waals surface area contributed by atoms with Crippen molar-refractivity contribution < 1.29 is 34.4 Å². The molecule has 1 rings (SSSR count). The Kier molecular flexibility index (Phi) is 17.9. The lowest BCUT2D eigenvalue weighted by atomic mass is 9.89. The Hall–Kier alpha value is -2.17. The van der Waals surface area contributed by atoms with E-state index >= 15 is 0 Å². The summed E-state index contributed by atoms with van der Waals surface area (Å²) < 4.78 is 5.79. The highest BCUT2D eigenvalue weighted by atomic mass is 16.5. The van der Waals surface area contributed by atoms with E-state index in [1.807, 2.05) is 0 Å². The average molecular weight is 598 g/mol. The number of cyclic esters (lactones) is 1. The summed E-state index contributed by atoms with van der Waals surface area (Å²) in [6.07, 6.45) is 11.2. The first-order chi connectivity index (χ1) is 19.8. The van der Waals surface area contributed by atoms with Crippen molar-refractivity contribution >= 4 is 17.8 Å². The SMILES string of the molecule is CCCCCCCCCCCC/C=C(\O)C(C)C1OC(=O)C(C)NC(=O)C(C(C)O)NC(=O)C(C(C)C)NC(O)C1C. The van der Waals surface area contributed by atoms with Crippen molar-refractivity contribution in [3.8, 4) is 0 Å². The van der Waals surface area contributed by atoms with Crippen LogP contribution in [0.25, 0.3) is 0 Å². The van der Waals surface area contributed by atoms with Gasteiger partial charge in [-0.15, -0.1) is 0 Å². The van der Waals surface area contributed by atoms with Gasteiger partial charge in [0.2, 0.25) is 11.8 Å². The second-order valence-electron chi connectivity index (χ2n) is 12.4. The van der Waals surface area contributed by atoms with Gasteiger partial charge < -0.3 is 30.7 Å². The first-order valence-corrected chi connectivity index (χ1v) is 16.1. The lowest BCUT2D eigenvalue weighted by Gasteiger charge is -2.34. The first-order valence-electron chi connectivity index (χ1n) is 16.1. The summed E-state index contributed by atoms with van der Waals surface area (Å²) in [5, 5.41) is 40.1. The predicted molar refractivity (Wildman–Crippen MR) is 164 cm³/mol. The molecule has 1 saturated heterocycles. The molecule has 42 heavy (non-hydrogen) atoms. The molecule has 0 aromatic rings. The number of aliphatic hydroxyl groups excluding tert-OH is 3. The molecular weight excluding hydrogens is 538 g/mol. The molecule has 1 heterocycles. The van der Waals surface area contributed by atoms with Gasteiger partial charge >= 0.3 is 5.97 Å². The normalized spacial score (nSPS) is 28.1. The number of carbonyl (C=O) groups is 3. The van der Waals surface area contributed by atoms with Crippen LogP contribution in [0, 0.1) is 17.8 Å². The molecule has 0 aliphatic carbocycles. The molecule has 2 amide bonds. The molecule has 1 fully saturated rings. The molecule has 10 heteroatoms. The van der Waals surface area contributed by atoms with Crippen LogP contribution in [-0.2, 0) is 19.1 Å². The number of hydrogen-bond acceptors (Lipinski definition) is 8. The highest BCUT2D eigenvalue weighted by Gasteiger charge is 2.39. The first kappa shape index (κ1) is 37.9. The van der Waals surface area contributed by atoms with Crippen molar-refractivity contribution in [2.75, 3.05) is 0 Å². The standard InChI is InChI=1S/C32H59N3O7/c1-8-9-10-11-12-13-14-15-16-17-18-19-25(37)21(4)28-22(5)29(38)34-26(20(2)3)30(39)35-27(24(7)36)31(40)33-23(6)32(41)42-28/h19-24,26-29,34,36-38H,8-18H2,1-7H3,(H,33,40)(H,35,39)/b25-19-. The van der Waals surface area contributed by atoms with Crippen LogP contribution in [0.2, 0.25) is 0 Å². The molecule has 10 nitrogen and oxygen atoms in total. The lowest BCUT2D eigenvalue weighted by Crippen LogP contribution is -2.60. The van der Waals surface area contributed by atoms with E-state index in [1.54, 1.807) is 33.8 Å². The molecule has 244 valence electrons. The van der Waals surface area contributed by atoms with E-state index in [4.69, 9.17) is 4.74 Å². The van der Waals surface area contributed by atoms with Crippen LogP contribution in [0.5, 0.6) is 0 Å². The third-order valence-electron chi connectivity index (χ3n) is 8.21. The molecule has 8 atom stereocenters. The molecule has 8 unspecified atom stereocenters. The van der Waals surface area contributed by atoms with Crippen molar-refractivity contribution in [3.05, 3.63) is 11.8 Å². The number of nitrogens with one attached hydrogen (secondary N) is 3. The van der Waals surface area contributed by atoms with Gasteiger partial charge in [-0.2, -0.15) is 0 Å². The van der Waals surface area contributed by atoms with E-state index < -0.39 is 66.2 Å². The Morgan fingerprint density at radius 2 is 1.38 bits per heavy atom. The van der Waals surface area contributed by atoms with Gasteiger partial charge in [0.05, 0.1) is 23.8 Å². The van der Waals surface area contributed by atoms with Gasteiger partial charge in [0, 0.05) is 5.92 Å². The van der Waals surface area contributed by atoms with Crippen LogP contribution < -0.4 is 16.0 Å². The minimum absolute atomic E-state index is 0.0658. The Balaban J connectivity index is 2.96. The summed E-state index contributed by atoms with van der Waals surface area (Å²) in [7, 11) is 0. The van der Waals surface area contributed by atoms with E-state index in [0.717, 1.165) is 19.3 Å². The molecule has 0 spiro atoms. The van der Waals surface area contributed by atoms with E-state index in [1.165, 1.54) is 58.8 Å². The second kappa shape index (κ2) is 19.9. The maximum Gasteiger partial charge on any atom is 0.328 e. The Bertz CT molecular complexity index is 848. The van der Waals surface area contributed by atoms with Gasteiger partial charge in [-0.25, -0.2) is 4.79 Å². The number of allylic oxidation sites excluding steroid dienone is 1. The Labute approximate surface area is 253 Å². The summed E-state index contributed by atoms with van der Waals surface area (Å²) >= 11 is 0. The largest absolute Gasteiger partial charge is 0.512 e. The zero-order chi connectivity index (χ0) is 31.8. The number of aliphatic hydroxyl groups is 3. The summed E-state index contributed by atoms with van der Waals surface area (Å²) in [4.78, 5) is 39.0. The van der Waals surface area contributed by atoms with Crippen LogP contribution in [0.4, 0.5) is 0 Å². The van der Waals surface area contributed by atoms with Crippen molar-refractivity contribution in [1.29, 1.82) is 0 Å². The molecule has 0 aromatic heterocycles. The molecule has 0 bridgehead atoms. The van der Waals surface area contributed by atoms with Gasteiger partial charge in [-0.1, -0.05) is 92.4 Å². The molecule has 1 aliphatic rings. The average Bonchev–Trinajstić information content (AvgIpc) is 2.94. The third-order valence-corrected chi connectivity index (χ3v) is 8.21. The van der Waals surface area contributed by atoms with Crippen LogP contribution in [0.15, 0.2) is 11.8 Å². The zero-order valence-corrected chi connectivity index (χ0v) is 27.0. The monoisotopic (exact) mass is 597 g/mol. The minimum Gasteiger partial charge on any atom is -0.512 e. The van der Waals surface area contributed by atoms with Gasteiger partial charge in [0.1, 0.15) is 24.4 Å². The maximum atomic E-state index is 13.1. The van der Waals surface area contributed by atoms with Gasteiger partial charge in [0.25, 0.3) is 0 Å². The van der Waals surface area contributed by atoms with Crippen molar-refractivity contribution in [2.45, 2.75) is 156 Å². The zero-order valence-electron chi connectivity index (χ0n) is 27.0. The summed E-state index contributed by atoms with van der Waals surface area (Å²) in [6.45, 7) is 12.0. The molecule has 0 aromatic carbocycles. The van der Waals surface area contributed by atoms with E-state index in [9.17, 15) is 29.7 Å². The van der Waals surface area contributed by atoms with Crippen LogP contribution in [0.1, 0.15) is 119 Å². The number of amides is 2. The predicted octanol–water partition coefficient (Wildman–Crippen LogP) is 4.24. The van der Waals surface area contributed by atoms with Crippen molar-refractivity contribution in [1.82, 2.24) is 16.0 Å². The molecule has 0 radical (unpaired) electrons. The Morgan fingerprint density at radius 3 is 1.90 bits per heavy atom. The maximum absolute atomic E-state index is 13.1. The summed E-state index contributed by atoms with van der Waals surface area (Å²) in [5.41, 5.74) is 0. The topological polar surface area (TPSA) is 157 Å². The van der Waals surface area contributed by atoms with Crippen LogP contribution in [-0.4, -0.2) is 69.7 Å².